The third kappa shape index (κ3) is 4.06. The maximum atomic E-state index is 12.6. The summed E-state index contributed by atoms with van der Waals surface area (Å²) in [6.07, 6.45) is 1.79. The maximum Gasteiger partial charge on any atom is 0.231 e. The Kier molecular flexibility index (Phi) is 5.60. The van der Waals surface area contributed by atoms with E-state index in [1.54, 1.807) is 31.3 Å². The molecule has 0 aliphatic carbocycles. The van der Waals surface area contributed by atoms with Gasteiger partial charge in [0.2, 0.25) is 5.91 Å². The number of hydrogen-bond acceptors (Lipinski definition) is 2. The van der Waals surface area contributed by atoms with Crippen LogP contribution >= 0.6 is 23.2 Å². The van der Waals surface area contributed by atoms with Gasteiger partial charge >= 0.3 is 0 Å². The van der Waals surface area contributed by atoms with Crippen LogP contribution in [0.15, 0.2) is 60.8 Å². The van der Waals surface area contributed by atoms with Crippen LogP contribution in [0.4, 0.5) is 5.69 Å². The van der Waals surface area contributed by atoms with Gasteiger partial charge in [0.1, 0.15) is 0 Å². The molecule has 1 atom stereocenters. The zero-order valence-corrected chi connectivity index (χ0v) is 16.0. The first kappa shape index (κ1) is 18.4. The number of rotatable bonds is 4. The summed E-state index contributed by atoms with van der Waals surface area (Å²) in [5.74, 6) is -0.619. The van der Waals surface area contributed by atoms with Crippen LogP contribution < -0.4 is 5.32 Å². The fourth-order valence-electron chi connectivity index (χ4n) is 2.78. The molecule has 0 radical (unpaired) electrons. The van der Waals surface area contributed by atoms with Gasteiger partial charge < -0.3 is 5.32 Å². The highest BCUT2D eigenvalue weighted by atomic mass is 35.5. The van der Waals surface area contributed by atoms with E-state index in [-0.39, 0.29) is 5.91 Å². The molecule has 1 heterocycles. The van der Waals surface area contributed by atoms with Crippen LogP contribution in [0.1, 0.15) is 24.1 Å². The minimum absolute atomic E-state index is 0.160. The molecule has 3 nitrogen and oxygen atoms in total. The molecule has 1 aromatic heterocycles. The molecule has 0 spiro atoms. The summed E-state index contributed by atoms with van der Waals surface area (Å²) in [7, 11) is 0. The molecule has 0 saturated heterocycles. The predicted octanol–water partition coefficient (Wildman–Crippen LogP) is 6.11. The predicted molar refractivity (Wildman–Crippen MR) is 108 cm³/mol. The lowest BCUT2D eigenvalue weighted by Crippen LogP contribution is -2.19. The normalized spacial score (nSPS) is 11.8. The molecule has 0 saturated carbocycles. The number of aryl methyl sites for hydroxylation is 1. The molecule has 2 aromatic carbocycles. The molecule has 1 unspecified atom stereocenters. The maximum absolute atomic E-state index is 12.6. The fourth-order valence-corrected chi connectivity index (χ4v) is 3.50. The van der Waals surface area contributed by atoms with Gasteiger partial charge in [-0.2, -0.15) is 0 Å². The summed E-state index contributed by atoms with van der Waals surface area (Å²) in [4.78, 5) is 16.8. The number of halogens is 2. The summed E-state index contributed by atoms with van der Waals surface area (Å²) >= 11 is 12.4. The first-order valence-corrected chi connectivity index (χ1v) is 8.99. The van der Waals surface area contributed by atoms with Crippen LogP contribution in [0.25, 0.3) is 11.1 Å². The molecule has 5 heteroatoms. The van der Waals surface area contributed by atoms with E-state index >= 15 is 0 Å². The van der Waals surface area contributed by atoms with Gasteiger partial charge in [-0.05, 0) is 61.4 Å². The van der Waals surface area contributed by atoms with E-state index in [0.717, 1.165) is 22.5 Å². The number of carbonyl (C=O) groups is 1. The van der Waals surface area contributed by atoms with Crippen molar-refractivity contribution in [2.24, 2.45) is 0 Å². The van der Waals surface area contributed by atoms with Crippen molar-refractivity contribution in [1.82, 2.24) is 4.98 Å². The Balaban J connectivity index is 1.75. The Morgan fingerprint density at radius 3 is 2.27 bits per heavy atom. The number of nitrogens with zero attached hydrogens (tertiary/aromatic N) is 1. The number of hydrogen-bond donors (Lipinski definition) is 1. The molecule has 0 fully saturated rings. The highest BCUT2D eigenvalue weighted by Crippen LogP contribution is 2.32. The Bertz CT molecular complexity index is 919. The second kappa shape index (κ2) is 7.90. The van der Waals surface area contributed by atoms with Gasteiger partial charge in [-0.25, -0.2) is 0 Å². The summed E-state index contributed by atoms with van der Waals surface area (Å²) in [6.45, 7) is 3.75. The van der Waals surface area contributed by atoms with Crippen LogP contribution in [0, 0.1) is 6.92 Å². The van der Waals surface area contributed by atoms with Gasteiger partial charge in [0.05, 0.1) is 5.92 Å². The molecule has 0 aliphatic heterocycles. The molecule has 3 rings (SSSR count). The highest BCUT2D eigenvalue weighted by molar-refractivity contribution is 6.36. The van der Waals surface area contributed by atoms with Crippen molar-refractivity contribution in [3.8, 4) is 11.1 Å². The zero-order valence-electron chi connectivity index (χ0n) is 14.5. The molecular formula is C21H18Cl2N2O. The number of pyridine rings is 1. The lowest BCUT2D eigenvalue weighted by atomic mass is 10.00. The number of anilines is 1. The van der Waals surface area contributed by atoms with Gasteiger partial charge in [0, 0.05) is 33.2 Å². The SMILES string of the molecule is Cc1cc(-c2ccc(NC(=O)C(C)c3c(Cl)cccc3Cl)cc2)ccn1. The van der Waals surface area contributed by atoms with Crippen molar-refractivity contribution in [3.63, 3.8) is 0 Å². The second-order valence-corrected chi connectivity index (χ2v) is 6.92. The Morgan fingerprint density at radius 1 is 1.00 bits per heavy atom. The van der Waals surface area contributed by atoms with Gasteiger partial charge in [0.15, 0.2) is 0 Å². The summed E-state index contributed by atoms with van der Waals surface area (Å²) < 4.78 is 0. The first-order chi connectivity index (χ1) is 12.5. The number of carbonyl (C=O) groups excluding carboxylic acids is 1. The van der Waals surface area contributed by atoms with Crippen LogP contribution in [-0.2, 0) is 4.79 Å². The third-order valence-electron chi connectivity index (χ3n) is 4.21. The average Bonchev–Trinajstić information content (AvgIpc) is 2.62. The van der Waals surface area contributed by atoms with Gasteiger partial charge in [-0.1, -0.05) is 41.4 Å². The number of aromatic nitrogens is 1. The lowest BCUT2D eigenvalue weighted by molar-refractivity contribution is -0.117. The Hall–Kier alpha value is -2.36. The molecule has 1 amide bonds. The average molecular weight is 385 g/mol. The molecule has 1 N–H and O–H groups in total. The molecule has 26 heavy (non-hydrogen) atoms. The number of benzene rings is 2. The quantitative estimate of drug-likeness (QED) is 0.589. The van der Waals surface area contributed by atoms with E-state index in [2.05, 4.69) is 10.3 Å². The zero-order chi connectivity index (χ0) is 18.7. The largest absolute Gasteiger partial charge is 0.326 e. The van der Waals surface area contributed by atoms with Crippen molar-refractivity contribution in [1.29, 1.82) is 0 Å². The van der Waals surface area contributed by atoms with Gasteiger partial charge in [-0.3, -0.25) is 9.78 Å². The van der Waals surface area contributed by atoms with Crippen molar-refractivity contribution in [3.05, 3.63) is 82.1 Å². The standard InChI is InChI=1S/C21H18Cl2N2O/c1-13-12-16(10-11-24-13)15-6-8-17(9-7-15)25-21(26)14(2)20-18(22)4-3-5-19(20)23/h3-12,14H,1-2H3,(H,25,26). The minimum atomic E-state index is -0.460. The number of amides is 1. The minimum Gasteiger partial charge on any atom is -0.326 e. The van der Waals surface area contributed by atoms with Crippen molar-refractivity contribution in [2.75, 3.05) is 5.32 Å². The second-order valence-electron chi connectivity index (χ2n) is 6.11. The van der Waals surface area contributed by atoms with E-state index in [9.17, 15) is 4.79 Å². The van der Waals surface area contributed by atoms with Crippen molar-refractivity contribution in [2.45, 2.75) is 19.8 Å². The van der Waals surface area contributed by atoms with E-state index in [0.29, 0.717) is 15.6 Å². The summed E-state index contributed by atoms with van der Waals surface area (Å²) in [5.41, 5.74) is 4.48. The van der Waals surface area contributed by atoms with Crippen LogP contribution in [0.2, 0.25) is 10.0 Å². The van der Waals surface area contributed by atoms with Gasteiger partial charge in [-0.15, -0.1) is 0 Å². The van der Waals surface area contributed by atoms with E-state index in [4.69, 9.17) is 23.2 Å². The molecule has 3 aromatic rings. The van der Waals surface area contributed by atoms with Crippen molar-refractivity contribution < 1.29 is 4.79 Å². The smallest absolute Gasteiger partial charge is 0.231 e. The Morgan fingerprint density at radius 2 is 1.65 bits per heavy atom. The molecular weight excluding hydrogens is 367 g/mol. The monoisotopic (exact) mass is 384 g/mol. The number of nitrogens with one attached hydrogen (secondary N) is 1. The third-order valence-corrected chi connectivity index (χ3v) is 4.87. The fraction of sp³-hybridized carbons (Fsp3) is 0.143. The van der Waals surface area contributed by atoms with E-state index < -0.39 is 5.92 Å². The molecule has 132 valence electrons. The topological polar surface area (TPSA) is 42.0 Å². The van der Waals surface area contributed by atoms with Crippen molar-refractivity contribution >= 4 is 34.8 Å². The summed E-state index contributed by atoms with van der Waals surface area (Å²) in [6, 6.07) is 16.9. The van der Waals surface area contributed by atoms with Crippen LogP contribution in [0.5, 0.6) is 0 Å². The lowest BCUT2D eigenvalue weighted by Gasteiger charge is -2.15. The molecule has 0 bridgehead atoms. The Labute approximate surface area is 163 Å². The van der Waals surface area contributed by atoms with Crippen LogP contribution in [-0.4, -0.2) is 10.9 Å². The summed E-state index contributed by atoms with van der Waals surface area (Å²) in [5, 5.41) is 3.89. The highest BCUT2D eigenvalue weighted by Gasteiger charge is 2.20. The van der Waals surface area contributed by atoms with E-state index in [1.807, 2.05) is 43.3 Å². The first-order valence-electron chi connectivity index (χ1n) is 8.23. The molecule has 0 aliphatic rings. The van der Waals surface area contributed by atoms with Gasteiger partial charge in [0.25, 0.3) is 0 Å². The van der Waals surface area contributed by atoms with Crippen LogP contribution in [0.3, 0.4) is 0 Å². The van der Waals surface area contributed by atoms with E-state index in [1.165, 1.54) is 0 Å².